The number of hydrogen-bond donors (Lipinski definition) is 0. The largest absolute Gasteiger partial charge is 0.497 e. The fourth-order valence-corrected chi connectivity index (χ4v) is 2.55. The van der Waals surface area contributed by atoms with Crippen LogP contribution in [-0.2, 0) is 16.1 Å². The molecule has 2 aromatic carbocycles. The summed E-state index contributed by atoms with van der Waals surface area (Å²) < 4.78 is 12.3. The van der Waals surface area contributed by atoms with Crippen LogP contribution in [0.1, 0.15) is 29.8 Å². The van der Waals surface area contributed by atoms with Gasteiger partial charge in [-0.05, 0) is 36.3 Å². The summed E-state index contributed by atoms with van der Waals surface area (Å²) in [5, 5.41) is 8.11. The highest BCUT2D eigenvalue weighted by Crippen LogP contribution is 2.20. The molecule has 0 spiro atoms. The fourth-order valence-electron chi connectivity index (χ4n) is 2.55. The van der Waals surface area contributed by atoms with Gasteiger partial charge in [0.2, 0.25) is 0 Å². The molecule has 0 amide bonds. The first kappa shape index (κ1) is 18.4. The molecule has 0 bridgehead atoms. The molecule has 6 nitrogen and oxygen atoms in total. The molecule has 0 aliphatic heterocycles. The van der Waals surface area contributed by atoms with Crippen LogP contribution in [0.2, 0.25) is 0 Å². The lowest BCUT2D eigenvalue weighted by Crippen LogP contribution is -2.06. The molecule has 3 aromatic rings. The van der Waals surface area contributed by atoms with Crippen LogP contribution in [0, 0.1) is 0 Å². The highest BCUT2D eigenvalue weighted by Gasteiger charge is 2.10. The molecule has 138 valence electrons. The summed E-state index contributed by atoms with van der Waals surface area (Å²) in [5.74, 6) is 0.326. The summed E-state index contributed by atoms with van der Waals surface area (Å²) >= 11 is 0. The number of aromatic nitrogens is 3. The van der Waals surface area contributed by atoms with Crippen LogP contribution in [0.4, 0.5) is 0 Å². The maximum Gasteiger partial charge on any atom is 0.331 e. The Kier molecular flexibility index (Phi) is 5.99. The topological polar surface area (TPSA) is 66.2 Å². The van der Waals surface area contributed by atoms with Crippen molar-refractivity contribution >= 4 is 12.0 Å². The van der Waals surface area contributed by atoms with Crippen molar-refractivity contribution in [3.05, 3.63) is 83.7 Å². The van der Waals surface area contributed by atoms with Gasteiger partial charge >= 0.3 is 5.97 Å². The Balaban J connectivity index is 1.55. The van der Waals surface area contributed by atoms with E-state index in [1.807, 2.05) is 61.5 Å². The van der Waals surface area contributed by atoms with Crippen molar-refractivity contribution in [3.63, 3.8) is 0 Å². The predicted molar refractivity (Wildman–Crippen MR) is 102 cm³/mol. The number of esters is 1. The van der Waals surface area contributed by atoms with Gasteiger partial charge in [0.15, 0.2) is 0 Å². The molecule has 0 N–H and O–H groups in total. The van der Waals surface area contributed by atoms with Crippen molar-refractivity contribution in [1.82, 2.24) is 15.0 Å². The molecule has 0 radical (unpaired) electrons. The Hall–Kier alpha value is -3.41. The number of methoxy groups -OCH3 is 1. The van der Waals surface area contributed by atoms with E-state index in [0.717, 1.165) is 16.9 Å². The minimum absolute atomic E-state index is 0.359. The van der Waals surface area contributed by atoms with E-state index in [4.69, 9.17) is 9.47 Å². The fraction of sp³-hybridized carbons (Fsp3) is 0.190. The Morgan fingerprint density at radius 2 is 1.89 bits per heavy atom. The van der Waals surface area contributed by atoms with Gasteiger partial charge < -0.3 is 9.47 Å². The van der Waals surface area contributed by atoms with E-state index in [-0.39, 0.29) is 6.10 Å². The second-order valence-corrected chi connectivity index (χ2v) is 6.01. The molecular weight excluding hydrogens is 342 g/mol. The summed E-state index contributed by atoms with van der Waals surface area (Å²) in [5.41, 5.74) is 2.62. The Labute approximate surface area is 158 Å². The molecule has 27 heavy (non-hydrogen) atoms. The third kappa shape index (κ3) is 5.28. The second kappa shape index (κ2) is 8.80. The van der Waals surface area contributed by atoms with Gasteiger partial charge in [-0.2, -0.15) is 0 Å². The summed E-state index contributed by atoms with van der Waals surface area (Å²) in [6, 6.07) is 17.4. The van der Waals surface area contributed by atoms with Crippen LogP contribution in [0.25, 0.3) is 6.08 Å². The number of nitrogens with zero attached hydrogens (tertiary/aromatic N) is 3. The van der Waals surface area contributed by atoms with E-state index in [0.29, 0.717) is 12.2 Å². The number of rotatable bonds is 7. The zero-order valence-electron chi connectivity index (χ0n) is 15.3. The van der Waals surface area contributed by atoms with E-state index >= 15 is 0 Å². The van der Waals surface area contributed by atoms with E-state index in [2.05, 4.69) is 10.3 Å². The maximum absolute atomic E-state index is 12.0. The van der Waals surface area contributed by atoms with Crippen molar-refractivity contribution in [2.24, 2.45) is 0 Å². The van der Waals surface area contributed by atoms with Crippen LogP contribution in [-0.4, -0.2) is 28.1 Å². The zero-order chi connectivity index (χ0) is 19.1. The van der Waals surface area contributed by atoms with Crippen LogP contribution in [0.15, 0.2) is 66.9 Å². The number of carbonyl (C=O) groups is 1. The standard InChI is InChI=1S/C21H21N3O3/c1-16(18-8-11-20(26-2)12-9-18)27-21(25)13-10-19-15-24(23-22-19)14-17-6-4-3-5-7-17/h3-13,15-16H,14H2,1-2H3/b13-10+/t16-/m0/s1. The van der Waals surface area contributed by atoms with Gasteiger partial charge in [-0.25, -0.2) is 9.48 Å². The van der Waals surface area contributed by atoms with Gasteiger partial charge in [-0.15, -0.1) is 5.10 Å². The van der Waals surface area contributed by atoms with Crippen LogP contribution in [0.5, 0.6) is 5.75 Å². The van der Waals surface area contributed by atoms with Crippen LogP contribution in [0.3, 0.4) is 0 Å². The second-order valence-electron chi connectivity index (χ2n) is 6.01. The predicted octanol–water partition coefficient (Wildman–Crippen LogP) is 3.65. The van der Waals surface area contributed by atoms with Gasteiger partial charge in [-0.1, -0.05) is 47.7 Å². The molecular formula is C21H21N3O3. The van der Waals surface area contributed by atoms with Gasteiger partial charge in [0.05, 0.1) is 19.9 Å². The first-order valence-corrected chi connectivity index (χ1v) is 8.61. The first-order chi connectivity index (χ1) is 13.1. The van der Waals surface area contributed by atoms with Crippen molar-refractivity contribution in [2.45, 2.75) is 19.6 Å². The molecule has 1 heterocycles. The molecule has 3 rings (SSSR count). The van der Waals surface area contributed by atoms with Gasteiger partial charge in [0.1, 0.15) is 17.5 Å². The van der Waals surface area contributed by atoms with Crippen molar-refractivity contribution in [3.8, 4) is 5.75 Å². The molecule has 1 aromatic heterocycles. The lowest BCUT2D eigenvalue weighted by molar-refractivity contribution is -0.142. The molecule has 0 saturated carbocycles. The number of carbonyl (C=O) groups excluding carboxylic acids is 1. The lowest BCUT2D eigenvalue weighted by Gasteiger charge is -2.12. The third-order valence-electron chi connectivity index (χ3n) is 4.01. The molecule has 1 atom stereocenters. The molecule has 0 aliphatic carbocycles. The number of ether oxygens (including phenoxy) is 2. The molecule has 0 aliphatic rings. The summed E-state index contributed by atoms with van der Waals surface area (Å²) in [6.07, 6.45) is 4.37. The van der Waals surface area contributed by atoms with Gasteiger partial charge in [0, 0.05) is 6.08 Å². The summed E-state index contributed by atoms with van der Waals surface area (Å²) in [6.45, 7) is 2.45. The molecule has 0 fully saturated rings. The highest BCUT2D eigenvalue weighted by atomic mass is 16.5. The van der Waals surface area contributed by atoms with Crippen molar-refractivity contribution < 1.29 is 14.3 Å². The Morgan fingerprint density at radius 3 is 2.59 bits per heavy atom. The van der Waals surface area contributed by atoms with Gasteiger partial charge in [-0.3, -0.25) is 0 Å². The quantitative estimate of drug-likeness (QED) is 0.473. The summed E-state index contributed by atoms with van der Waals surface area (Å²) in [4.78, 5) is 12.0. The van der Waals surface area contributed by atoms with E-state index in [9.17, 15) is 4.79 Å². The number of benzene rings is 2. The average Bonchev–Trinajstić information content (AvgIpc) is 3.14. The minimum atomic E-state index is -0.434. The Morgan fingerprint density at radius 1 is 1.15 bits per heavy atom. The highest BCUT2D eigenvalue weighted by molar-refractivity contribution is 5.86. The maximum atomic E-state index is 12.0. The van der Waals surface area contributed by atoms with E-state index in [1.165, 1.54) is 6.08 Å². The monoisotopic (exact) mass is 363 g/mol. The minimum Gasteiger partial charge on any atom is -0.497 e. The summed E-state index contributed by atoms with van der Waals surface area (Å²) in [7, 11) is 1.61. The van der Waals surface area contributed by atoms with Crippen molar-refractivity contribution in [1.29, 1.82) is 0 Å². The van der Waals surface area contributed by atoms with E-state index < -0.39 is 5.97 Å². The van der Waals surface area contributed by atoms with Gasteiger partial charge in [0.25, 0.3) is 0 Å². The van der Waals surface area contributed by atoms with Crippen molar-refractivity contribution in [2.75, 3.05) is 7.11 Å². The zero-order valence-corrected chi connectivity index (χ0v) is 15.3. The lowest BCUT2D eigenvalue weighted by atomic mass is 10.1. The third-order valence-corrected chi connectivity index (χ3v) is 4.01. The normalized spacial score (nSPS) is 12.1. The smallest absolute Gasteiger partial charge is 0.331 e. The first-order valence-electron chi connectivity index (χ1n) is 8.61. The number of hydrogen-bond acceptors (Lipinski definition) is 5. The van der Waals surface area contributed by atoms with Crippen LogP contribution < -0.4 is 4.74 Å². The van der Waals surface area contributed by atoms with Crippen LogP contribution >= 0.6 is 0 Å². The molecule has 0 unspecified atom stereocenters. The Bertz CT molecular complexity index is 902. The average molecular weight is 363 g/mol. The SMILES string of the molecule is COc1ccc([C@H](C)OC(=O)/C=C/c2cn(Cc3ccccc3)nn2)cc1. The van der Waals surface area contributed by atoms with E-state index in [1.54, 1.807) is 24.1 Å². The molecule has 6 heteroatoms. The molecule has 0 saturated heterocycles.